The van der Waals surface area contributed by atoms with Gasteiger partial charge in [0.1, 0.15) is 12.2 Å². The van der Waals surface area contributed by atoms with Crippen LogP contribution in [0, 0.1) is 0 Å². The van der Waals surface area contributed by atoms with Gasteiger partial charge in [-0.15, -0.1) is 6.58 Å². The van der Waals surface area contributed by atoms with Gasteiger partial charge in [-0.2, -0.15) is 0 Å². The van der Waals surface area contributed by atoms with Crippen LogP contribution in [0.5, 0.6) is 0 Å². The molecule has 0 amide bonds. The number of benzene rings is 1. The van der Waals surface area contributed by atoms with Gasteiger partial charge in [0.2, 0.25) is 0 Å². The Morgan fingerprint density at radius 2 is 1.83 bits per heavy atom. The van der Waals surface area contributed by atoms with Crippen LogP contribution in [0.3, 0.4) is 0 Å². The molecule has 18 heavy (non-hydrogen) atoms. The van der Waals surface area contributed by atoms with Crippen LogP contribution in [-0.4, -0.2) is 28.3 Å². The third-order valence-electron chi connectivity index (χ3n) is 2.46. The van der Waals surface area contributed by atoms with Gasteiger partial charge in [0.25, 0.3) is 5.92 Å². The van der Waals surface area contributed by atoms with E-state index in [0.29, 0.717) is 0 Å². The lowest BCUT2D eigenvalue weighted by Gasteiger charge is -2.23. The van der Waals surface area contributed by atoms with Gasteiger partial charge in [0.05, 0.1) is 0 Å². The predicted octanol–water partition coefficient (Wildman–Crippen LogP) is 2.63. The Labute approximate surface area is 105 Å². The SMILES string of the molecule is C=CCC(F)(F)[C@@H](O)[C@@H](O)/C=C/c1ccccc1. The average Bonchev–Trinajstić information content (AvgIpc) is 2.36. The molecular weight excluding hydrogens is 238 g/mol. The molecule has 0 unspecified atom stereocenters. The van der Waals surface area contributed by atoms with Crippen LogP contribution in [0.4, 0.5) is 8.78 Å². The molecule has 1 aromatic carbocycles. The van der Waals surface area contributed by atoms with Gasteiger partial charge in [-0.1, -0.05) is 48.6 Å². The van der Waals surface area contributed by atoms with E-state index in [1.807, 2.05) is 6.07 Å². The fraction of sp³-hybridized carbons (Fsp3) is 0.286. The standard InChI is InChI=1S/C14H16F2O2/c1-2-10-14(15,16)13(18)12(17)9-8-11-6-4-3-5-7-11/h2-9,12-13,17-18H,1,10H2/b9-8+/t12-,13-/m0/s1. The fourth-order valence-corrected chi connectivity index (χ4v) is 1.44. The molecule has 2 N–H and O–H groups in total. The molecule has 4 heteroatoms. The van der Waals surface area contributed by atoms with Gasteiger partial charge in [-0.25, -0.2) is 8.78 Å². The summed E-state index contributed by atoms with van der Waals surface area (Å²) in [6, 6.07) is 8.92. The van der Waals surface area contributed by atoms with Crippen molar-refractivity contribution in [2.75, 3.05) is 0 Å². The highest BCUT2D eigenvalue weighted by Gasteiger charge is 2.40. The Morgan fingerprint density at radius 1 is 1.22 bits per heavy atom. The largest absolute Gasteiger partial charge is 0.386 e. The highest BCUT2D eigenvalue weighted by molar-refractivity contribution is 5.49. The van der Waals surface area contributed by atoms with E-state index in [1.54, 1.807) is 24.3 Å². The second-order valence-corrected chi connectivity index (χ2v) is 3.96. The normalized spacial score (nSPS) is 15.6. The summed E-state index contributed by atoms with van der Waals surface area (Å²) >= 11 is 0. The molecule has 0 aliphatic heterocycles. The van der Waals surface area contributed by atoms with Crippen LogP contribution in [0.2, 0.25) is 0 Å². The lowest BCUT2D eigenvalue weighted by Crippen LogP contribution is -2.41. The van der Waals surface area contributed by atoms with Crippen molar-refractivity contribution in [1.29, 1.82) is 0 Å². The Hall–Kier alpha value is -1.52. The number of halogens is 2. The molecular formula is C14H16F2O2. The number of hydrogen-bond acceptors (Lipinski definition) is 2. The van der Waals surface area contributed by atoms with Crippen LogP contribution >= 0.6 is 0 Å². The smallest absolute Gasteiger partial charge is 0.279 e. The van der Waals surface area contributed by atoms with E-state index in [4.69, 9.17) is 0 Å². The second kappa shape index (κ2) is 6.42. The first-order valence-electron chi connectivity index (χ1n) is 5.55. The van der Waals surface area contributed by atoms with E-state index in [2.05, 4.69) is 6.58 Å². The van der Waals surface area contributed by atoms with E-state index in [0.717, 1.165) is 17.7 Å². The molecule has 2 nitrogen and oxygen atoms in total. The zero-order chi connectivity index (χ0) is 13.6. The monoisotopic (exact) mass is 254 g/mol. The number of allylic oxidation sites excluding steroid dienone is 1. The van der Waals surface area contributed by atoms with E-state index < -0.39 is 24.6 Å². The second-order valence-electron chi connectivity index (χ2n) is 3.96. The maximum atomic E-state index is 13.3. The molecule has 1 rings (SSSR count). The lowest BCUT2D eigenvalue weighted by molar-refractivity contribution is -0.138. The van der Waals surface area contributed by atoms with E-state index in [1.165, 1.54) is 6.08 Å². The van der Waals surface area contributed by atoms with Crippen LogP contribution in [-0.2, 0) is 0 Å². The summed E-state index contributed by atoms with van der Waals surface area (Å²) in [4.78, 5) is 0. The highest BCUT2D eigenvalue weighted by Crippen LogP contribution is 2.26. The third kappa shape index (κ3) is 4.05. The predicted molar refractivity (Wildman–Crippen MR) is 67.3 cm³/mol. The third-order valence-corrected chi connectivity index (χ3v) is 2.46. The molecule has 98 valence electrons. The Balaban J connectivity index is 2.68. The summed E-state index contributed by atoms with van der Waals surface area (Å²) in [6.07, 6.45) is -0.800. The molecule has 0 saturated carbocycles. The summed E-state index contributed by atoms with van der Waals surface area (Å²) in [5.74, 6) is -3.39. The molecule has 0 fully saturated rings. The number of aliphatic hydroxyl groups is 2. The summed E-state index contributed by atoms with van der Waals surface area (Å²) in [7, 11) is 0. The summed E-state index contributed by atoms with van der Waals surface area (Å²) < 4.78 is 26.6. The van der Waals surface area contributed by atoms with Gasteiger partial charge in [-0.3, -0.25) is 0 Å². The van der Waals surface area contributed by atoms with Crippen molar-refractivity contribution in [3.8, 4) is 0 Å². The van der Waals surface area contributed by atoms with Gasteiger partial charge in [-0.05, 0) is 5.56 Å². The van der Waals surface area contributed by atoms with Crippen molar-refractivity contribution in [2.45, 2.75) is 24.6 Å². The van der Waals surface area contributed by atoms with Crippen molar-refractivity contribution in [3.63, 3.8) is 0 Å². The summed E-state index contributed by atoms with van der Waals surface area (Å²) in [6.45, 7) is 3.19. The van der Waals surface area contributed by atoms with Gasteiger partial charge < -0.3 is 10.2 Å². The molecule has 0 heterocycles. The maximum Gasteiger partial charge on any atom is 0.279 e. The summed E-state index contributed by atoms with van der Waals surface area (Å²) in [5, 5.41) is 18.8. The van der Waals surface area contributed by atoms with Gasteiger partial charge in [0.15, 0.2) is 0 Å². The molecule has 0 aliphatic rings. The molecule has 0 aliphatic carbocycles. The molecule has 0 aromatic heterocycles. The van der Waals surface area contributed by atoms with E-state index in [9.17, 15) is 19.0 Å². The molecule has 0 bridgehead atoms. The Bertz CT molecular complexity index is 402. The molecule has 1 aromatic rings. The number of alkyl halides is 2. The number of rotatable bonds is 6. The van der Waals surface area contributed by atoms with Crippen LogP contribution in [0.25, 0.3) is 6.08 Å². The number of aliphatic hydroxyl groups excluding tert-OH is 2. The van der Waals surface area contributed by atoms with Crippen LogP contribution in [0.15, 0.2) is 49.1 Å². The van der Waals surface area contributed by atoms with Crippen molar-refractivity contribution >= 4 is 6.08 Å². The van der Waals surface area contributed by atoms with Crippen LogP contribution < -0.4 is 0 Å². The minimum absolute atomic E-state index is 0.676. The average molecular weight is 254 g/mol. The minimum Gasteiger partial charge on any atom is -0.386 e. The molecule has 0 saturated heterocycles. The van der Waals surface area contributed by atoms with Crippen LogP contribution in [0.1, 0.15) is 12.0 Å². The topological polar surface area (TPSA) is 40.5 Å². The lowest BCUT2D eigenvalue weighted by atomic mass is 10.0. The van der Waals surface area contributed by atoms with E-state index >= 15 is 0 Å². The number of hydrogen-bond donors (Lipinski definition) is 2. The van der Waals surface area contributed by atoms with Crippen molar-refractivity contribution in [2.24, 2.45) is 0 Å². The summed E-state index contributed by atoms with van der Waals surface area (Å²) in [5.41, 5.74) is 0.760. The highest BCUT2D eigenvalue weighted by atomic mass is 19.3. The fourth-order valence-electron chi connectivity index (χ4n) is 1.44. The zero-order valence-corrected chi connectivity index (χ0v) is 9.84. The zero-order valence-electron chi connectivity index (χ0n) is 9.84. The molecule has 2 atom stereocenters. The first-order valence-corrected chi connectivity index (χ1v) is 5.55. The molecule has 0 radical (unpaired) electrons. The van der Waals surface area contributed by atoms with Crippen molar-refractivity contribution in [3.05, 3.63) is 54.6 Å². The quantitative estimate of drug-likeness (QED) is 0.766. The Kier molecular flexibility index (Phi) is 5.19. The van der Waals surface area contributed by atoms with Crippen molar-refractivity contribution in [1.82, 2.24) is 0 Å². The van der Waals surface area contributed by atoms with Gasteiger partial charge >= 0.3 is 0 Å². The minimum atomic E-state index is -3.39. The van der Waals surface area contributed by atoms with E-state index in [-0.39, 0.29) is 0 Å². The van der Waals surface area contributed by atoms with Crippen molar-refractivity contribution < 1.29 is 19.0 Å². The Morgan fingerprint density at radius 3 is 2.39 bits per heavy atom. The van der Waals surface area contributed by atoms with Gasteiger partial charge in [0, 0.05) is 6.42 Å². The molecule has 0 spiro atoms. The first kappa shape index (κ1) is 14.5. The first-order chi connectivity index (χ1) is 8.47. The maximum absolute atomic E-state index is 13.3.